The van der Waals surface area contributed by atoms with Crippen LogP contribution in [0.15, 0.2) is 36.4 Å². The number of phenols is 1. The van der Waals surface area contributed by atoms with E-state index in [2.05, 4.69) is 5.32 Å². The van der Waals surface area contributed by atoms with Crippen LogP contribution in [0.3, 0.4) is 0 Å². The van der Waals surface area contributed by atoms with Crippen LogP contribution < -0.4 is 5.32 Å². The predicted molar refractivity (Wildman–Crippen MR) is 91.8 cm³/mol. The van der Waals surface area contributed by atoms with Crippen LogP contribution in [0.25, 0.3) is 0 Å². The summed E-state index contributed by atoms with van der Waals surface area (Å²) in [4.78, 5) is 12.4. The van der Waals surface area contributed by atoms with Gasteiger partial charge in [-0.15, -0.1) is 0 Å². The van der Waals surface area contributed by atoms with Gasteiger partial charge < -0.3 is 19.9 Å². The van der Waals surface area contributed by atoms with Crippen LogP contribution in [0.1, 0.15) is 28.6 Å². The molecule has 1 fully saturated rings. The van der Waals surface area contributed by atoms with Crippen LogP contribution in [0, 0.1) is 0 Å². The molecule has 0 aliphatic carbocycles. The Balaban J connectivity index is 1.82. The van der Waals surface area contributed by atoms with Crippen molar-refractivity contribution in [1.82, 2.24) is 0 Å². The lowest BCUT2D eigenvalue weighted by Gasteiger charge is -2.24. The Morgan fingerprint density at radius 2 is 1.75 bits per heavy atom. The average Bonchev–Trinajstić information content (AvgIpc) is 2.56. The van der Waals surface area contributed by atoms with Gasteiger partial charge in [-0.3, -0.25) is 4.79 Å². The molecule has 2 aromatic carbocycles. The van der Waals surface area contributed by atoms with E-state index >= 15 is 0 Å². The Morgan fingerprint density at radius 1 is 1.08 bits per heavy atom. The van der Waals surface area contributed by atoms with E-state index < -0.39 is 12.2 Å². The highest BCUT2D eigenvalue weighted by atomic mass is 35.5. The molecular formula is C17H15Cl2NO4. The Kier molecular flexibility index (Phi) is 5.26. The number of nitrogens with one attached hydrogen (secondary N) is 1. The zero-order chi connectivity index (χ0) is 17.1. The monoisotopic (exact) mass is 367 g/mol. The summed E-state index contributed by atoms with van der Waals surface area (Å²) >= 11 is 11.8. The van der Waals surface area contributed by atoms with Crippen LogP contribution in [-0.2, 0) is 9.47 Å². The molecule has 2 N–H and O–H groups in total. The zero-order valence-electron chi connectivity index (χ0n) is 12.6. The lowest BCUT2D eigenvalue weighted by atomic mass is 10.1. The van der Waals surface area contributed by atoms with Crippen molar-refractivity contribution in [2.45, 2.75) is 12.7 Å². The molecule has 1 heterocycles. The molecule has 2 aromatic rings. The summed E-state index contributed by atoms with van der Waals surface area (Å²) in [6.07, 6.45) is 0.337. The number of carbonyl (C=O) groups excluding carboxylic acids is 1. The summed E-state index contributed by atoms with van der Waals surface area (Å²) < 4.78 is 11.1. The number of aromatic hydroxyl groups is 1. The second-order valence-corrected chi connectivity index (χ2v) is 6.19. The Morgan fingerprint density at radius 3 is 2.42 bits per heavy atom. The Bertz CT molecular complexity index is 740. The third-order valence-electron chi connectivity index (χ3n) is 3.49. The van der Waals surface area contributed by atoms with Gasteiger partial charge in [0.1, 0.15) is 5.75 Å². The largest absolute Gasteiger partial charge is 0.506 e. The second kappa shape index (κ2) is 7.40. The number of hydrogen-bond donors (Lipinski definition) is 2. The molecule has 0 radical (unpaired) electrons. The van der Waals surface area contributed by atoms with Crippen LogP contribution >= 0.6 is 23.2 Å². The van der Waals surface area contributed by atoms with Gasteiger partial charge in [0.25, 0.3) is 5.91 Å². The zero-order valence-corrected chi connectivity index (χ0v) is 14.1. The molecule has 1 saturated heterocycles. The van der Waals surface area contributed by atoms with Crippen LogP contribution in [0.5, 0.6) is 5.75 Å². The molecule has 0 aromatic heterocycles. The lowest BCUT2D eigenvalue weighted by molar-refractivity contribution is -0.183. The van der Waals surface area contributed by atoms with Crippen molar-refractivity contribution < 1.29 is 19.4 Å². The molecule has 7 heteroatoms. The number of phenolic OH excluding ortho intramolecular Hbond substituents is 1. The molecular weight excluding hydrogens is 353 g/mol. The molecule has 1 aliphatic rings. The first-order valence-corrected chi connectivity index (χ1v) is 8.12. The van der Waals surface area contributed by atoms with E-state index in [1.165, 1.54) is 24.3 Å². The Hall–Kier alpha value is -1.79. The molecule has 24 heavy (non-hydrogen) atoms. The number of anilines is 1. The fourth-order valence-corrected chi connectivity index (χ4v) is 2.89. The van der Waals surface area contributed by atoms with Crippen LogP contribution in [0.2, 0.25) is 10.0 Å². The fraction of sp³-hybridized carbons (Fsp3) is 0.235. The van der Waals surface area contributed by atoms with Gasteiger partial charge >= 0.3 is 0 Å². The van der Waals surface area contributed by atoms with Crippen molar-refractivity contribution in [3.63, 3.8) is 0 Å². The molecule has 0 spiro atoms. The minimum Gasteiger partial charge on any atom is -0.506 e. The molecule has 0 atom stereocenters. The first kappa shape index (κ1) is 17.0. The highest BCUT2D eigenvalue weighted by Gasteiger charge is 2.19. The van der Waals surface area contributed by atoms with Gasteiger partial charge in [0, 0.05) is 21.2 Å². The molecule has 0 bridgehead atoms. The number of carbonyl (C=O) groups is 1. The minimum atomic E-state index is -0.504. The van der Waals surface area contributed by atoms with Gasteiger partial charge in [-0.05, 0) is 36.8 Å². The topological polar surface area (TPSA) is 67.8 Å². The SMILES string of the molecule is O=C(Nc1cc(C2OCCCO2)ccc1O)c1cc(Cl)cc(Cl)c1. The summed E-state index contributed by atoms with van der Waals surface area (Å²) in [5.41, 5.74) is 1.26. The third-order valence-corrected chi connectivity index (χ3v) is 3.93. The molecule has 1 aliphatic heterocycles. The number of halogens is 2. The quantitative estimate of drug-likeness (QED) is 0.789. The first-order valence-electron chi connectivity index (χ1n) is 7.36. The van der Waals surface area contributed by atoms with Gasteiger partial charge in [0.2, 0.25) is 0 Å². The van der Waals surface area contributed by atoms with E-state index in [1.54, 1.807) is 12.1 Å². The summed E-state index contributed by atoms with van der Waals surface area (Å²) in [6.45, 7) is 1.21. The molecule has 1 amide bonds. The summed E-state index contributed by atoms with van der Waals surface area (Å²) in [5, 5.41) is 13.3. The maximum absolute atomic E-state index is 12.4. The molecule has 0 unspecified atom stereocenters. The van der Waals surface area contributed by atoms with Crippen molar-refractivity contribution in [3.8, 4) is 5.75 Å². The van der Waals surface area contributed by atoms with Crippen molar-refractivity contribution in [3.05, 3.63) is 57.6 Å². The van der Waals surface area contributed by atoms with Crippen molar-refractivity contribution in [1.29, 1.82) is 0 Å². The molecule has 126 valence electrons. The fourth-order valence-electron chi connectivity index (χ4n) is 2.36. The van der Waals surface area contributed by atoms with E-state index in [0.29, 0.717) is 34.4 Å². The molecule has 0 saturated carbocycles. The smallest absolute Gasteiger partial charge is 0.255 e. The predicted octanol–water partition coefficient (Wildman–Crippen LogP) is 4.39. The third kappa shape index (κ3) is 3.99. The highest BCUT2D eigenvalue weighted by molar-refractivity contribution is 6.35. The first-order chi connectivity index (χ1) is 11.5. The minimum absolute atomic E-state index is 0.0592. The van der Waals surface area contributed by atoms with E-state index in [-0.39, 0.29) is 11.4 Å². The number of rotatable bonds is 3. The van der Waals surface area contributed by atoms with Crippen molar-refractivity contribution >= 4 is 34.8 Å². The van der Waals surface area contributed by atoms with E-state index in [9.17, 15) is 9.90 Å². The summed E-state index contributed by atoms with van der Waals surface area (Å²) in [7, 11) is 0. The number of benzene rings is 2. The van der Waals surface area contributed by atoms with E-state index in [4.69, 9.17) is 32.7 Å². The Labute approximate surface area is 149 Å². The molecule has 3 rings (SSSR count). The standard InChI is InChI=1S/C17H15Cl2NO4/c18-12-6-11(7-13(19)9-12)16(22)20-14-8-10(2-3-15(14)21)17-23-4-1-5-24-17/h2-3,6-9,17,21H,1,4-5H2,(H,20,22). The lowest BCUT2D eigenvalue weighted by Crippen LogP contribution is -2.18. The van der Waals surface area contributed by atoms with Crippen molar-refractivity contribution in [2.75, 3.05) is 18.5 Å². The average molecular weight is 368 g/mol. The summed E-state index contributed by atoms with van der Waals surface area (Å²) in [5.74, 6) is -0.492. The maximum atomic E-state index is 12.4. The second-order valence-electron chi connectivity index (χ2n) is 5.32. The van der Waals surface area contributed by atoms with Crippen LogP contribution in [0.4, 0.5) is 5.69 Å². The van der Waals surface area contributed by atoms with Gasteiger partial charge in [0.15, 0.2) is 6.29 Å². The molecule has 5 nitrogen and oxygen atoms in total. The van der Waals surface area contributed by atoms with Gasteiger partial charge in [-0.1, -0.05) is 29.3 Å². The summed E-state index contributed by atoms with van der Waals surface area (Å²) in [6, 6.07) is 9.33. The van der Waals surface area contributed by atoms with Gasteiger partial charge in [-0.25, -0.2) is 0 Å². The van der Waals surface area contributed by atoms with E-state index in [1.807, 2.05) is 0 Å². The normalized spacial score (nSPS) is 15.2. The van der Waals surface area contributed by atoms with E-state index in [0.717, 1.165) is 6.42 Å². The van der Waals surface area contributed by atoms with Gasteiger partial charge in [0.05, 0.1) is 18.9 Å². The number of hydrogen-bond acceptors (Lipinski definition) is 4. The number of amides is 1. The van der Waals surface area contributed by atoms with Crippen LogP contribution in [-0.4, -0.2) is 24.2 Å². The highest BCUT2D eigenvalue weighted by Crippen LogP contribution is 2.31. The van der Waals surface area contributed by atoms with Crippen molar-refractivity contribution in [2.24, 2.45) is 0 Å². The maximum Gasteiger partial charge on any atom is 0.255 e. The number of ether oxygens (including phenoxy) is 2. The van der Waals surface area contributed by atoms with Gasteiger partial charge in [-0.2, -0.15) is 0 Å².